The lowest BCUT2D eigenvalue weighted by atomic mass is 9.98. The van der Waals surface area contributed by atoms with Gasteiger partial charge in [-0.1, -0.05) is 12.2 Å². The van der Waals surface area contributed by atoms with Crippen LogP contribution >= 0.6 is 0 Å². The topological polar surface area (TPSA) is 50.1 Å². The fraction of sp³-hybridized carbons (Fsp3) is 0.609. The molecule has 0 radical (unpaired) electrons. The van der Waals surface area contributed by atoms with Gasteiger partial charge in [0.05, 0.1) is 17.9 Å². The van der Waals surface area contributed by atoms with Gasteiger partial charge in [-0.2, -0.15) is 5.10 Å². The number of hydrogen-bond donors (Lipinski definition) is 0. The Morgan fingerprint density at radius 3 is 2.76 bits per heavy atom. The molecule has 3 aliphatic heterocycles. The summed E-state index contributed by atoms with van der Waals surface area (Å²) in [7, 11) is 0. The first-order chi connectivity index (χ1) is 14.0. The summed E-state index contributed by atoms with van der Waals surface area (Å²) < 4.78 is 2.11. The van der Waals surface area contributed by atoms with E-state index in [1.165, 1.54) is 48.2 Å². The van der Waals surface area contributed by atoms with Crippen LogP contribution in [0.15, 0.2) is 18.3 Å². The van der Waals surface area contributed by atoms with Gasteiger partial charge in [-0.25, -0.2) is 9.97 Å². The molecule has 2 aromatic heterocycles. The number of aryl methyl sites for hydroxylation is 1. The minimum absolute atomic E-state index is 0.444. The first kappa shape index (κ1) is 18.8. The smallest absolute Gasteiger partial charge is 0.225 e. The van der Waals surface area contributed by atoms with E-state index in [9.17, 15) is 0 Å². The van der Waals surface area contributed by atoms with E-state index in [0.717, 1.165) is 49.8 Å². The van der Waals surface area contributed by atoms with Crippen LogP contribution in [0.4, 0.5) is 5.95 Å². The number of fused-ring (bicyclic) bond motifs is 4. The Bertz CT molecular complexity index is 939. The molecule has 2 bridgehead atoms. The van der Waals surface area contributed by atoms with Crippen molar-refractivity contribution < 1.29 is 0 Å². The van der Waals surface area contributed by atoms with Gasteiger partial charge in [0, 0.05) is 61.2 Å². The van der Waals surface area contributed by atoms with Gasteiger partial charge in [0.1, 0.15) is 0 Å². The highest BCUT2D eigenvalue weighted by molar-refractivity contribution is 5.38. The average molecular weight is 393 g/mol. The van der Waals surface area contributed by atoms with E-state index in [2.05, 4.69) is 48.0 Å². The van der Waals surface area contributed by atoms with Crippen LogP contribution in [0.25, 0.3) is 0 Å². The highest BCUT2D eigenvalue weighted by Gasteiger charge is 2.41. The molecule has 6 heteroatoms. The minimum Gasteiger partial charge on any atom is -0.341 e. The Morgan fingerprint density at radius 1 is 1.21 bits per heavy atom. The Morgan fingerprint density at radius 2 is 2.00 bits per heavy atom. The normalized spacial score (nSPS) is 23.6. The number of hydrogen-bond acceptors (Lipinski definition) is 5. The molecule has 0 amide bonds. The monoisotopic (exact) mass is 392 g/mol. The molecule has 0 spiro atoms. The maximum Gasteiger partial charge on any atom is 0.225 e. The molecule has 2 aromatic rings. The van der Waals surface area contributed by atoms with Crippen molar-refractivity contribution in [3.05, 3.63) is 46.6 Å². The van der Waals surface area contributed by atoms with Crippen molar-refractivity contribution in [1.29, 1.82) is 0 Å². The second kappa shape index (κ2) is 7.24. The summed E-state index contributed by atoms with van der Waals surface area (Å²) in [6.45, 7) is 14.4. The second-order valence-electron chi connectivity index (χ2n) is 9.15. The van der Waals surface area contributed by atoms with Crippen molar-refractivity contribution in [2.45, 2.75) is 78.0 Å². The first-order valence-electron chi connectivity index (χ1n) is 11.0. The van der Waals surface area contributed by atoms with Crippen molar-refractivity contribution in [3.8, 4) is 0 Å². The van der Waals surface area contributed by atoms with E-state index in [-0.39, 0.29) is 0 Å². The average Bonchev–Trinajstić information content (AvgIpc) is 3.37. The predicted molar refractivity (Wildman–Crippen MR) is 115 cm³/mol. The van der Waals surface area contributed by atoms with Crippen LogP contribution in [-0.4, -0.2) is 43.8 Å². The number of rotatable bonds is 5. The Balaban J connectivity index is 1.40. The molecule has 2 atom stereocenters. The van der Waals surface area contributed by atoms with Gasteiger partial charge in [-0.3, -0.25) is 9.58 Å². The van der Waals surface area contributed by atoms with Crippen LogP contribution in [0.3, 0.4) is 0 Å². The number of aromatic nitrogens is 4. The summed E-state index contributed by atoms with van der Waals surface area (Å²) in [6.07, 6.45) is 8.15. The van der Waals surface area contributed by atoms with Gasteiger partial charge < -0.3 is 4.90 Å². The van der Waals surface area contributed by atoms with Crippen LogP contribution in [0.5, 0.6) is 0 Å². The Hall–Kier alpha value is -2.21. The first-order valence-corrected chi connectivity index (χ1v) is 11.0. The van der Waals surface area contributed by atoms with E-state index < -0.39 is 0 Å². The molecular formula is C23H32N6. The predicted octanol–water partition coefficient (Wildman–Crippen LogP) is 3.73. The van der Waals surface area contributed by atoms with E-state index in [0.29, 0.717) is 12.1 Å². The van der Waals surface area contributed by atoms with E-state index >= 15 is 0 Å². The zero-order valence-corrected chi connectivity index (χ0v) is 18.0. The highest BCUT2D eigenvalue weighted by atomic mass is 15.3. The summed E-state index contributed by atoms with van der Waals surface area (Å²) in [5.74, 6) is 0.946. The van der Waals surface area contributed by atoms with Gasteiger partial charge >= 0.3 is 0 Å². The number of nitrogens with zero attached hydrogens (tertiary/aromatic N) is 6. The molecule has 0 aliphatic carbocycles. The van der Waals surface area contributed by atoms with Crippen molar-refractivity contribution >= 4 is 5.95 Å². The van der Waals surface area contributed by atoms with Crippen LogP contribution in [0.1, 0.15) is 66.9 Å². The van der Waals surface area contributed by atoms with Crippen molar-refractivity contribution in [2.75, 3.05) is 18.0 Å². The number of anilines is 1. The third kappa shape index (κ3) is 3.27. The molecule has 6 nitrogen and oxygen atoms in total. The van der Waals surface area contributed by atoms with Gasteiger partial charge in [0.2, 0.25) is 5.95 Å². The summed E-state index contributed by atoms with van der Waals surface area (Å²) in [5, 5.41) is 4.79. The largest absolute Gasteiger partial charge is 0.341 e. The SMILES string of the molecule is C=C(C)Cn1nc(C)c(CN2[C@H]3CC[C@H]2c2cnc(N4CCCC4)nc2C3)c1C. The maximum absolute atomic E-state index is 5.01. The molecular weight excluding hydrogens is 360 g/mol. The van der Waals surface area contributed by atoms with Crippen molar-refractivity contribution in [3.63, 3.8) is 0 Å². The molecule has 2 fully saturated rings. The molecule has 3 aliphatic rings. The lowest BCUT2D eigenvalue weighted by Gasteiger charge is -2.36. The zero-order chi connectivity index (χ0) is 20.1. The molecule has 0 saturated carbocycles. The van der Waals surface area contributed by atoms with Crippen molar-refractivity contribution in [1.82, 2.24) is 24.6 Å². The molecule has 154 valence electrons. The lowest BCUT2D eigenvalue weighted by molar-refractivity contribution is 0.165. The summed E-state index contributed by atoms with van der Waals surface area (Å²) >= 11 is 0. The highest BCUT2D eigenvalue weighted by Crippen LogP contribution is 2.44. The molecule has 5 heterocycles. The van der Waals surface area contributed by atoms with Gasteiger partial charge in [-0.05, 0) is 46.5 Å². The third-order valence-electron chi connectivity index (χ3n) is 7.00. The Kier molecular flexibility index (Phi) is 4.69. The van der Waals surface area contributed by atoms with Crippen molar-refractivity contribution in [2.24, 2.45) is 0 Å². The zero-order valence-electron chi connectivity index (χ0n) is 18.0. The fourth-order valence-corrected chi connectivity index (χ4v) is 5.43. The molecule has 0 unspecified atom stereocenters. The van der Waals surface area contributed by atoms with E-state index in [4.69, 9.17) is 15.1 Å². The molecule has 2 saturated heterocycles. The summed E-state index contributed by atoms with van der Waals surface area (Å²) in [5.41, 5.74) is 7.58. The molecule has 29 heavy (non-hydrogen) atoms. The summed E-state index contributed by atoms with van der Waals surface area (Å²) in [4.78, 5) is 14.8. The van der Waals surface area contributed by atoms with Gasteiger partial charge in [-0.15, -0.1) is 0 Å². The van der Waals surface area contributed by atoms with Gasteiger partial charge in [0.25, 0.3) is 0 Å². The van der Waals surface area contributed by atoms with E-state index in [1.807, 2.05) is 0 Å². The molecule has 0 N–H and O–H groups in total. The van der Waals surface area contributed by atoms with Crippen LogP contribution in [-0.2, 0) is 19.5 Å². The quantitative estimate of drug-likeness (QED) is 0.726. The van der Waals surface area contributed by atoms with Crippen LogP contribution < -0.4 is 4.90 Å². The third-order valence-corrected chi connectivity index (χ3v) is 7.00. The lowest BCUT2D eigenvalue weighted by Crippen LogP contribution is -2.38. The van der Waals surface area contributed by atoms with Crippen LogP contribution in [0.2, 0.25) is 0 Å². The van der Waals surface area contributed by atoms with Gasteiger partial charge in [0.15, 0.2) is 0 Å². The molecule has 5 rings (SSSR count). The molecule has 0 aromatic carbocycles. The van der Waals surface area contributed by atoms with Crippen LogP contribution in [0, 0.1) is 13.8 Å². The fourth-order valence-electron chi connectivity index (χ4n) is 5.43. The Labute approximate surface area is 173 Å². The second-order valence-corrected chi connectivity index (χ2v) is 9.15. The number of allylic oxidation sites excluding steroid dienone is 1. The summed E-state index contributed by atoms with van der Waals surface area (Å²) in [6, 6.07) is 1.02. The standard InChI is InChI=1S/C23H32N6/c1-15(2)13-29-17(4)20(16(3)26-29)14-28-18-7-8-22(28)19-12-24-23(25-21(19)11-18)27-9-5-6-10-27/h12,18,22H,1,5-11,13-14H2,2-4H3/t18-,22-/m0/s1. The maximum atomic E-state index is 5.01. The van der Waals surface area contributed by atoms with E-state index in [1.54, 1.807) is 0 Å². The minimum atomic E-state index is 0.444.